The van der Waals surface area contributed by atoms with Crippen molar-refractivity contribution in [3.8, 4) is 33.4 Å². The highest BCUT2D eigenvalue weighted by molar-refractivity contribution is 6.00. The molecule has 258 valence electrons. The van der Waals surface area contributed by atoms with Gasteiger partial charge in [-0.05, 0) is 134 Å². The Labute approximate surface area is 314 Å². The zero-order valence-electron chi connectivity index (χ0n) is 31.4. The number of fused-ring (bicyclic) bond motifs is 11. The van der Waals surface area contributed by atoms with Gasteiger partial charge < -0.3 is 4.90 Å². The predicted molar refractivity (Wildman–Crippen MR) is 223 cm³/mol. The van der Waals surface area contributed by atoms with E-state index in [0.29, 0.717) is 0 Å². The van der Waals surface area contributed by atoms with Crippen molar-refractivity contribution in [2.24, 2.45) is 0 Å². The van der Waals surface area contributed by atoms with E-state index in [4.69, 9.17) is 0 Å². The summed E-state index contributed by atoms with van der Waals surface area (Å²) in [5.41, 5.74) is 21.0. The minimum atomic E-state index is -0.431. The van der Waals surface area contributed by atoms with E-state index in [1.54, 1.807) is 0 Å². The molecule has 3 aliphatic carbocycles. The van der Waals surface area contributed by atoms with Crippen LogP contribution in [0.1, 0.15) is 79.5 Å². The number of benzene rings is 7. The van der Waals surface area contributed by atoms with E-state index in [9.17, 15) is 0 Å². The van der Waals surface area contributed by atoms with Crippen LogP contribution < -0.4 is 4.90 Å². The van der Waals surface area contributed by atoms with Crippen LogP contribution in [-0.2, 0) is 16.2 Å². The minimum absolute atomic E-state index is 0.0231. The first-order chi connectivity index (χ1) is 25.7. The van der Waals surface area contributed by atoms with E-state index in [1.165, 1.54) is 84.4 Å². The molecule has 7 aromatic carbocycles. The Hall–Kier alpha value is -5.66. The molecule has 7 aromatic rings. The molecule has 0 fully saturated rings. The maximum Gasteiger partial charge on any atom is 0.0726 e. The summed E-state index contributed by atoms with van der Waals surface area (Å²) in [6, 6.07) is 59.4. The summed E-state index contributed by atoms with van der Waals surface area (Å²) in [5.74, 6) is 0. The van der Waals surface area contributed by atoms with Gasteiger partial charge in [-0.3, -0.25) is 0 Å². The van der Waals surface area contributed by atoms with Crippen LogP contribution in [0.2, 0.25) is 0 Å². The van der Waals surface area contributed by atoms with Crippen molar-refractivity contribution >= 4 is 17.1 Å². The van der Waals surface area contributed by atoms with Crippen LogP contribution in [0.15, 0.2) is 158 Å². The Balaban J connectivity index is 1.38. The van der Waals surface area contributed by atoms with Gasteiger partial charge in [-0.1, -0.05) is 149 Å². The van der Waals surface area contributed by atoms with Crippen LogP contribution in [-0.4, -0.2) is 0 Å². The number of rotatable bonds is 4. The lowest BCUT2D eigenvalue weighted by Gasteiger charge is -2.44. The van der Waals surface area contributed by atoms with Gasteiger partial charge in [0.25, 0.3) is 0 Å². The highest BCUT2D eigenvalue weighted by atomic mass is 15.1. The molecule has 0 radical (unpaired) electrons. The third kappa shape index (κ3) is 4.43. The van der Waals surface area contributed by atoms with Crippen molar-refractivity contribution in [1.29, 1.82) is 0 Å². The Morgan fingerprint density at radius 3 is 1.38 bits per heavy atom. The van der Waals surface area contributed by atoms with Crippen molar-refractivity contribution in [3.63, 3.8) is 0 Å². The predicted octanol–water partition coefficient (Wildman–Crippen LogP) is 13.8. The molecule has 0 amide bonds. The fourth-order valence-corrected chi connectivity index (χ4v) is 10.5. The molecule has 1 nitrogen and oxygen atoms in total. The number of aryl methyl sites for hydroxylation is 1. The van der Waals surface area contributed by atoms with Gasteiger partial charge >= 0.3 is 0 Å². The highest BCUT2D eigenvalue weighted by Gasteiger charge is 2.52. The average Bonchev–Trinajstić information content (AvgIpc) is 3.64. The van der Waals surface area contributed by atoms with Crippen molar-refractivity contribution < 1.29 is 0 Å². The van der Waals surface area contributed by atoms with Crippen LogP contribution in [0, 0.1) is 6.92 Å². The molecule has 0 aliphatic heterocycles. The van der Waals surface area contributed by atoms with E-state index >= 15 is 0 Å². The van der Waals surface area contributed by atoms with Gasteiger partial charge in [0.05, 0.1) is 11.1 Å². The van der Waals surface area contributed by atoms with Crippen molar-refractivity contribution in [2.45, 2.75) is 63.7 Å². The second-order valence-electron chi connectivity index (χ2n) is 16.8. The van der Waals surface area contributed by atoms with Gasteiger partial charge in [0.15, 0.2) is 0 Å². The lowest BCUT2D eigenvalue weighted by atomic mass is 9.60. The van der Waals surface area contributed by atoms with E-state index in [0.717, 1.165) is 17.8 Å². The topological polar surface area (TPSA) is 3.24 Å². The van der Waals surface area contributed by atoms with Crippen molar-refractivity contribution in [1.82, 2.24) is 0 Å². The number of nitrogens with zero attached hydrogens (tertiary/aromatic N) is 1. The molecular formula is C52H45N. The van der Waals surface area contributed by atoms with Crippen molar-refractivity contribution in [2.75, 3.05) is 4.90 Å². The second kappa shape index (κ2) is 11.4. The van der Waals surface area contributed by atoms with Gasteiger partial charge in [-0.15, -0.1) is 0 Å². The van der Waals surface area contributed by atoms with Crippen LogP contribution in [0.5, 0.6) is 0 Å². The minimum Gasteiger partial charge on any atom is -0.310 e. The normalized spacial score (nSPS) is 16.3. The van der Waals surface area contributed by atoms with Crippen LogP contribution in [0.3, 0.4) is 0 Å². The number of anilines is 3. The highest BCUT2D eigenvalue weighted by Crippen LogP contribution is 2.64. The fraction of sp³-hybridized carbons (Fsp3) is 0.192. The van der Waals surface area contributed by atoms with E-state index < -0.39 is 5.41 Å². The monoisotopic (exact) mass is 683 g/mol. The van der Waals surface area contributed by atoms with Gasteiger partial charge in [0.1, 0.15) is 0 Å². The summed E-state index contributed by atoms with van der Waals surface area (Å²) in [4.78, 5) is 2.51. The Morgan fingerprint density at radius 2 is 0.849 bits per heavy atom. The summed E-state index contributed by atoms with van der Waals surface area (Å²) in [6.45, 7) is 12.2. The maximum atomic E-state index is 2.58. The van der Waals surface area contributed by atoms with Gasteiger partial charge in [-0.2, -0.15) is 0 Å². The van der Waals surface area contributed by atoms with E-state index in [1.807, 2.05) is 0 Å². The molecule has 0 saturated heterocycles. The van der Waals surface area contributed by atoms with Gasteiger partial charge in [0, 0.05) is 16.9 Å². The van der Waals surface area contributed by atoms with Crippen LogP contribution >= 0.6 is 0 Å². The molecular weight excluding hydrogens is 639 g/mol. The Bertz CT molecular complexity index is 2490. The third-order valence-corrected chi connectivity index (χ3v) is 12.8. The molecule has 0 N–H and O–H groups in total. The second-order valence-corrected chi connectivity index (χ2v) is 16.8. The number of para-hydroxylation sites is 2. The third-order valence-electron chi connectivity index (χ3n) is 12.8. The molecule has 1 spiro atoms. The smallest absolute Gasteiger partial charge is 0.0726 e. The first-order valence-electron chi connectivity index (χ1n) is 19.2. The summed E-state index contributed by atoms with van der Waals surface area (Å²) < 4.78 is 0. The van der Waals surface area contributed by atoms with Crippen LogP contribution in [0.25, 0.3) is 33.4 Å². The molecule has 0 aromatic heterocycles. The molecule has 3 aliphatic rings. The molecule has 53 heavy (non-hydrogen) atoms. The fourth-order valence-electron chi connectivity index (χ4n) is 10.5. The Kier molecular flexibility index (Phi) is 6.90. The van der Waals surface area contributed by atoms with E-state index in [-0.39, 0.29) is 10.8 Å². The lowest BCUT2D eigenvalue weighted by molar-refractivity contribution is 0.331. The van der Waals surface area contributed by atoms with Crippen LogP contribution in [0.4, 0.5) is 17.1 Å². The molecule has 10 rings (SSSR count). The summed E-state index contributed by atoms with van der Waals surface area (Å²) in [6.07, 6.45) is 2.34. The number of hydrogen-bond acceptors (Lipinski definition) is 1. The molecule has 0 atom stereocenters. The summed E-state index contributed by atoms with van der Waals surface area (Å²) >= 11 is 0. The van der Waals surface area contributed by atoms with Crippen molar-refractivity contribution in [3.05, 3.63) is 197 Å². The molecule has 0 bridgehead atoms. The first kappa shape index (κ1) is 32.0. The number of hydrogen-bond donors (Lipinski definition) is 0. The Morgan fingerprint density at radius 1 is 0.396 bits per heavy atom. The quantitative estimate of drug-likeness (QED) is 0.178. The molecule has 0 saturated carbocycles. The van der Waals surface area contributed by atoms with E-state index in [2.05, 4.69) is 197 Å². The maximum absolute atomic E-state index is 2.58. The molecule has 0 unspecified atom stereocenters. The molecule has 0 heterocycles. The zero-order chi connectivity index (χ0) is 36.1. The zero-order valence-corrected chi connectivity index (χ0v) is 31.4. The summed E-state index contributed by atoms with van der Waals surface area (Å²) in [5, 5.41) is 0. The first-order valence-corrected chi connectivity index (χ1v) is 19.2. The average molecular weight is 684 g/mol. The van der Waals surface area contributed by atoms with Gasteiger partial charge in [0.2, 0.25) is 0 Å². The molecule has 1 heteroatoms. The van der Waals surface area contributed by atoms with Gasteiger partial charge in [-0.25, -0.2) is 0 Å². The lowest BCUT2D eigenvalue weighted by Crippen LogP contribution is -2.35. The SMILES string of the molecule is Cc1ccc(-c2cc3c(cc2N(c2ccccc2)c2ccccc2)C2(c4ccccc4-c4ccccc42)c2ccccc2-3)c2c1C(C)(C)CCC2(C)C. The summed E-state index contributed by atoms with van der Waals surface area (Å²) in [7, 11) is 0. The largest absolute Gasteiger partial charge is 0.310 e. The standard InChI is InChI=1S/C52H45N/c1-34-28-29-40(49-48(34)50(2,3)30-31-51(49,4)5)42-32-41-39-24-14-17-27-45(39)52(43-25-15-12-22-37(43)38-23-13-16-26-44(38)52)46(41)33-47(42)53(35-18-8-6-9-19-35)36-20-10-7-11-21-36/h6-29,32-33H,30-31H2,1-5H3.